The molecule has 4 nitrogen and oxygen atoms in total. The molecule has 0 aliphatic heterocycles. The summed E-state index contributed by atoms with van der Waals surface area (Å²) in [6, 6.07) is 15.2. The third-order valence-corrected chi connectivity index (χ3v) is 2.63. The van der Waals surface area contributed by atoms with Crippen LogP contribution < -0.4 is 9.47 Å². The molecule has 0 aromatic heterocycles. The van der Waals surface area contributed by atoms with Crippen molar-refractivity contribution >= 4 is 6.21 Å². The summed E-state index contributed by atoms with van der Waals surface area (Å²) in [5.41, 5.74) is 1.82. The lowest BCUT2D eigenvalue weighted by Gasteiger charge is -2.11. The molecule has 98 valence electrons. The van der Waals surface area contributed by atoms with Crippen LogP contribution in [-0.2, 0) is 6.61 Å². The van der Waals surface area contributed by atoms with Crippen LogP contribution in [-0.4, -0.2) is 18.5 Å². The standard InChI is InChI=1S/C15H15NO3/c1-18-14-8-7-13(10-16-17)9-15(14)19-11-12-5-3-2-4-6-12/h2-10,17H,11H2,1H3. The zero-order chi connectivity index (χ0) is 13.5. The van der Waals surface area contributed by atoms with Crippen LogP contribution in [0.5, 0.6) is 11.5 Å². The van der Waals surface area contributed by atoms with Gasteiger partial charge in [-0.3, -0.25) is 0 Å². The summed E-state index contributed by atoms with van der Waals surface area (Å²) in [4.78, 5) is 0. The molecule has 0 fully saturated rings. The van der Waals surface area contributed by atoms with E-state index in [9.17, 15) is 0 Å². The van der Waals surface area contributed by atoms with E-state index in [2.05, 4.69) is 5.16 Å². The first kappa shape index (κ1) is 13.0. The third-order valence-electron chi connectivity index (χ3n) is 2.63. The van der Waals surface area contributed by atoms with Gasteiger partial charge in [-0.25, -0.2) is 0 Å². The van der Waals surface area contributed by atoms with Crippen LogP contribution >= 0.6 is 0 Å². The van der Waals surface area contributed by atoms with Gasteiger partial charge in [-0.1, -0.05) is 35.5 Å². The molecule has 0 atom stereocenters. The molecule has 19 heavy (non-hydrogen) atoms. The Hall–Kier alpha value is -2.49. The Labute approximate surface area is 111 Å². The van der Waals surface area contributed by atoms with E-state index in [-0.39, 0.29) is 0 Å². The highest BCUT2D eigenvalue weighted by atomic mass is 16.5. The molecule has 2 rings (SSSR count). The van der Waals surface area contributed by atoms with Gasteiger partial charge in [-0.05, 0) is 23.8 Å². The summed E-state index contributed by atoms with van der Waals surface area (Å²) >= 11 is 0. The van der Waals surface area contributed by atoms with Crippen LogP contribution in [0, 0.1) is 0 Å². The molecule has 4 heteroatoms. The van der Waals surface area contributed by atoms with E-state index in [1.54, 1.807) is 25.3 Å². The molecule has 0 aliphatic rings. The van der Waals surface area contributed by atoms with Crippen LogP contribution in [0.1, 0.15) is 11.1 Å². The summed E-state index contributed by atoms with van der Waals surface area (Å²) < 4.78 is 11.0. The van der Waals surface area contributed by atoms with Crippen molar-refractivity contribution < 1.29 is 14.7 Å². The largest absolute Gasteiger partial charge is 0.493 e. The predicted molar refractivity (Wildman–Crippen MR) is 73.1 cm³/mol. The molecule has 0 amide bonds. The average molecular weight is 257 g/mol. The molecule has 2 aromatic carbocycles. The van der Waals surface area contributed by atoms with Gasteiger partial charge in [0, 0.05) is 5.56 Å². The summed E-state index contributed by atoms with van der Waals surface area (Å²) in [5.74, 6) is 1.26. The molecule has 0 heterocycles. The lowest BCUT2D eigenvalue weighted by molar-refractivity contribution is 0.284. The summed E-state index contributed by atoms with van der Waals surface area (Å²) in [5, 5.41) is 11.5. The minimum atomic E-state index is 0.455. The summed E-state index contributed by atoms with van der Waals surface area (Å²) in [7, 11) is 1.59. The number of oxime groups is 1. The molecule has 0 radical (unpaired) electrons. The fourth-order valence-electron chi connectivity index (χ4n) is 1.69. The summed E-state index contributed by atoms with van der Waals surface area (Å²) in [6.07, 6.45) is 1.34. The highest BCUT2D eigenvalue weighted by Crippen LogP contribution is 2.28. The van der Waals surface area contributed by atoms with Crippen LogP contribution in [0.4, 0.5) is 0 Å². The Bertz CT molecular complexity index is 553. The predicted octanol–water partition coefficient (Wildman–Crippen LogP) is 3.08. The van der Waals surface area contributed by atoms with Gasteiger partial charge in [0.2, 0.25) is 0 Å². The fraction of sp³-hybridized carbons (Fsp3) is 0.133. The van der Waals surface area contributed by atoms with Crippen molar-refractivity contribution in [2.75, 3.05) is 7.11 Å². The summed E-state index contributed by atoms with van der Waals surface area (Å²) in [6.45, 7) is 0.455. The zero-order valence-corrected chi connectivity index (χ0v) is 10.6. The maximum Gasteiger partial charge on any atom is 0.162 e. The molecule has 0 saturated carbocycles. The lowest BCUT2D eigenvalue weighted by atomic mass is 10.2. The molecule has 0 aliphatic carbocycles. The van der Waals surface area contributed by atoms with Gasteiger partial charge in [-0.15, -0.1) is 0 Å². The lowest BCUT2D eigenvalue weighted by Crippen LogP contribution is -1.98. The highest BCUT2D eigenvalue weighted by Gasteiger charge is 2.05. The van der Waals surface area contributed by atoms with Crippen LogP contribution in [0.25, 0.3) is 0 Å². The second kappa shape index (κ2) is 6.44. The van der Waals surface area contributed by atoms with Crippen LogP contribution in [0.2, 0.25) is 0 Å². The Morgan fingerprint density at radius 3 is 2.58 bits per heavy atom. The molecular weight excluding hydrogens is 242 g/mol. The number of ether oxygens (including phenoxy) is 2. The van der Waals surface area contributed by atoms with E-state index in [0.29, 0.717) is 18.1 Å². The van der Waals surface area contributed by atoms with Crippen molar-refractivity contribution in [2.45, 2.75) is 6.61 Å². The second-order valence-electron chi connectivity index (χ2n) is 3.93. The van der Waals surface area contributed by atoms with Gasteiger partial charge in [0.1, 0.15) is 6.61 Å². The van der Waals surface area contributed by atoms with E-state index in [0.717, 1.165) is 11.1 Å². The molecule has 0 spiro atoms. The quantitative estimate of drug-likeness (QED) is 0.508. The maximum atomic E-state index is 8.54. The highest BCUT2D eigenvalue weighted by molar-refractivity contribution is 5.80. The van der Waals surface area contributed by atoms with Crippen LogP contribution in [0.15, 0.2) is 53.7 Å². The Morgan fingerprint density at radius 1 is 1.11 bits per heavy atom. The fourth-order valence-corrected chi connectivity index (χ4v) is 1.69. The second-order valence-corrected chi connectivity index (χ2v) is 3.93. The van der Waals surface area contributed by atoms with Crippen molar-refractivity contribution in [1.82, 2.24) is 0 Å². The normalized spacial score (nSPS) is 10.6. The van der Waals surface area contributed by atoms with Crippen molar-refractivity contribution in [2.24, 2.45) is 5.16 Å². The van der Waals surface area contributed by atoms with Gasteiger partial charge in [-0.2, -0.15) is 0 Å². The van der Waals surface area contributed by atoms with Gasteiger partial charge in [0.15, 0.2) is 11.5 Å². The van der Waals surface area contributed by atoms with E-state index in [1.165, 1.54) is 6.21 Å². The first-order valence-electron chi connectivity index (χ1n) is 5.85. The number of benzene rings is 2. The van der Waals surface area contributed by atoms with Gasteiger partial charge in [0.25, 0.3) is 0 Å². The molecule has 2 aromatic rings. The number of hydrogen-bond acceptors (Lipinski definition) is 4. The van der Waals surface area contributed by atoms with Crippen molar-refractivity contribution in [1.29, 1.82) is 0 Å². The van der Waals surface area contributed by atoms with Crippen LogP contribution in [0.3, 0.4) is 0 Å². The average Bonchev–Trinajstić information content (AvgIpc) is 2.47. The molecule has 0 saturated heterocycles. The number of methoxy groups -OCH3 is 1. The molecular formula is C15H15NO3. The smallest absolute Gasteiger partial charge is 0.162 e. The Morgan fingerprint density at radius 2 is 1.89 bits per heavy atom. The van der Waals surface area contributed by atoms with Gasteiger partial charge in [0.05, 0.1) is 13.3 Å². The number of rotatable bonds is 5. The monoisotopic (exact) mass is 257 g/mol. The first-order valence-corrected chi connectivity index (χ1v) is 5.85. The van der Waals surface area contributed by atoms with Gasteiger partial charge < -0.3 is 14.7 Å². The Kier molecular flexibility index (Phi) is 4.39. The van der Waals surface area contributed by atoms with E-state index in [4.69, 9.17) is 14.7 Å². The Balaban J connectivity index is 2.15. The van der Waals surface area contributed by atoms with Crippen molar-refractivity contribution in [3.8, 4) is 11.5 Å². The minimum absolute atomic E-state index is 0.455. The SMILES string of the molecule is COc1ccc(C=NO)cc1OCc1ccccc1. The maximum absolute atomic E-state index is 8.54. The van der Waals surface area contributed by atoms with Crippen molar-refractivity contribution in [3.63, 3.8) is 0 Å². The van der Waals surface area contributed by atoms with E-state index < -0.39 is 0 Å². The first-order chi connectivity index (χ1) is 9.33. The number of hydrogen-bond donors (Lipinski definition) is 1. The minimum Gasteiger partial charge on any atom is -0.493 e. The van der Waals surface area contributed by atoms with E-state index >= 15 is 0 Å². The van der Waals surface area contributed by atoms with Crippen molar-refractivity contribution in [3.05, 3.63) is 59.7 Å². The molecule has 0 bridgehead atoms. The topological polar surface area (TPSA) is 51.0 Å². The van der Waals surface area contributed by atoms with E-state index in [1.807, 2.05) is 30.3 Å². The number of nitrogens with zero attached hydrogens (tertiary/aromatic N) is 1. The molecule has 1 N–H and O–H groups in total. The van der Waals surface area contributed by atoms with Gasteiger partial charge >= 0.3 is 0 Å². The zero-order valence-electron chi connectivity index (χ0n) is 10.6. The molecule has 0 unspecified atom stereocenters. The third kappa shape index (κ3) is 3.48.